The Morgan fingerprint density at radius 3 is 2.97 bits per heavy atom. The minimum Gasteiger partial charge on any atom is -0.467 e. The van der Waals surface area contributed by atoms with E-state index in [1.165, 1.54) is 37.8 Å². The monoisotopic (exact) mass is 423 g/mol. The molecule has 0 aromatic carbocycles. The van der Waals surface area contributed by atoms with Crippen molar-refractivity contribution in [1.82, 2.24) is 14.7 Å². The summed E-state index contributed by atoms with van der Waals surface area (Å²) in [6.07, 6.45) is 12.0. The fourth-order valence-corrected chi connectivity index (χ4v) is 7.14. The number of carbonyl (C=O) groups is 2. The average Bonchev–Trinajstić information content (AvgIpc) is 3.43. The third-order valence-electron chi connectivity index (χ3n) is 8.43. The van der Waals surface area contributed by atoms with Gasteiger partial charge in [0.25, 0.3) is 0 Å². The molecule has 2 bridgehead atoms. The molecule has 0 N–H and O–H groups in total. The maximum atomic E-state index is 13.7. The van der Waals surface area contributed by atoms with Gasteiger partial charge in [-0.05, 0) is 62.6 Å². The van der Waals surface area contributed by atoms with Crippen LogP contribution in [-0.4, -0.2) is 64.8 Å². The van der Waals surface area contributed by atoms with Crippen molar-refractivity contribution in [1.29, 1.82) is 0 Å². The summed E-state index contributed by atoms with van der Waals surface area (Å²) in [5, 5.41) is 0. The number of piperidine rings is 3. The molecule has 0 radical (unpaired) electrons. The molecule has 5 aliphatic rings. The van der Waals surface area contributed by atoms with Gasteiger partial charge in [-0.25, -0.2) is 0 Å². The van der Waals surface area contributed by atoms with Gasteiger partial charge in [-0.3, -0.25) is 14.5 Å². The van der Waals surface area contributed by atoms with Gasteiger partial charge < -0.3 is 14.2 Å². The fraction of sp³-hybridized carbons (Fsp3) is 0.680. The van der Waals surface area contributed by atoms with Crippen molar-refractivity contribution >= 4 is 11.8 Å². The molecule has 5 atom stereocenters. The first-order valence-corrected chi connectivity index (χ1v) is 12.2. The highest BCUT2D eigenvalue weighted by atomic mass is 16.3. The lowest BCUT2D eigenvalue weighted by molar-refractivity contribution is -0.140. The summed E-state index contributed by atoms with van der Waals surface area (Å²) >= 11 is 0. The number of furan rings is 1. The normalized spacial score (nSPS) is 35.5. The predicted molar refractivity (Wildman–Crippen MR) is 116 cm³/mol. The molecule has 6 heteroatoms. The van der Waals surface area contributed by atoms with E-state index >= 15 is 0 Å². The van der Waals surface area contributed by atoms with Crippen LogP contribution >= 0.6 is 0 Å². The van der Waals surface area contributed by atoms with Crippen molar-refractivity contribution in [2.45, 2.75) is 63.6 Å². The summed E-state index contributed by atoms with van der Waals surface area (Å²) < 4.78 is 5.41. The quantitative estimate of drug-likeness (QED) is 0.702. The number of hydrogen-bond acceptors (Lipinski definition) is 4. The zero-order chi connectivity index (χ0) is 20.9. The first-order chi connectivity index (χ1) is 15.2. The van der Waals surface area contributed by atoms with E-state index in [0.29, 0.717) is 31.3 Å². The minimum atomic E-state index is -0.217. The van der Waals surface area contributed by atoms with Crippen LogP contribution in [0.2, 0.25) is 0 Å². The highest BCUT2D eigenvalue weighted by Crippen LogP contribution is 2.45. The van der Waals surface area contributed by atoms with Gasteiger partial charge in [0.05, 0.1) is 24.8 Å². The molecule has 4 fully saturated rings. The number of likely N-dealkylation sites (tertiary alicyclic amines) is 2. The molecule has 6 rings (SSSR count). The van der Waals surface area contributed by atoms with Crippen molar-refractivity contribution in [2.24, 2.45) is 17.8 Å². The van der Waals surface area contributed by atoms with E-state index in [-0.39, 0.29) is 23.8 Å². The smallest absolute Gasteiger partial charge is 0.228 e. The van der Waals surface area contributed by atoms with Crippen molar-refractivity contribution < 1.29 is 14.0 Å². The zero-order valence-electron chi connectivity index (χ0n) is 18.2. The van der Waals surface area contributed by atoms with E-state index in [2.05, 4.69) is 15.9 Å². The third-order valence-corrected chi connectivity index (χ3v) is 8.43. The summed E-state index contributed by atoms with van der Waals surface area (Å²) in [5.41, 5.74) is 1.52. The van der Waals surface area contributed by atoms with E-state index in [1.54, 1.807) is 11.2 Å². The van der Waals surface area contributed by atoms with E-state index in [1.807, 2.05) is 12.1 Å². The summed E-state index contributed by atoms with van der Waals surface area (Å²) in [7, 11) is 0. The Morgan fingerprint density at radius 2 is 2.10 bits per heavy atom. The molecule has 6 nitrogen and oxygen atoms in total. The lowest BCUT2D eigenvalue weighted by Crippen LogP contribution is -2.60. The lowest BCUT2D eigenvalue weighted by atomic mass is 9.68. The Balaban J connectivity index is 1.20. The average molecular weight is 424 g/mol. The van der Waals surface area contributed by atoms with Crippen molar-refractivity contribution in [3.05, 3.63) is 35.8 Å². The molecule has 0 saturated carbocycles. The van der Waals surface area contributed by atoms with Crippen LogP contribution in [-0.2, 0) is 16.1 Å². The van der Waals surface area contributed by atoms with Gasteiger partial charge in [-0.2, -0.15) is 0 Å². The van der Waals surface area contributed by atoms with Crippen LogP contribution in [0.5, 0.6) is 0 Å². The molecular weight excluding hydrogens is 390 g/mol. The van der Waals surface area contributed by atoms with Crippen LogP contribution in [0.25, 0.3) is 0 Å². The molecule has 166 valence electrons. The second-order valence-corrected chi connectivity index (χ2v) is 10.3. The maximum Gasteiger partial charge on any atom is 0.228 e. The van der Waals surface area contributed by atoms with Crippen molar-refractivity contribution in [2.75, 3.05) is 26.2 Å². The van der Waals surface area contributed by atoms with E-state index in [0.717, 1.165) is 37.7 Å². The number of rotatable bonds is 3. The molecule has 2 amide bonds. The number of fused-ring (bicyclic) bond motifs is 6. The minimum absolute atomic E-state index is 0.0695. The Morgan fingerprint density at radius 1 is 1.16 bits per heavy atom. The Hall–Kier alpha value is -2.08. The van der Waals surface area contributed by atoms with E-state index in [4.69, 9.17) is 4.42 Å². The Labute approximate surface area is 184 Å². The SMILES string of the molecule is O=C1C[C@H](C(=O)N2CCCC3=C[C@@H]4C[C@@H](CN5CCCC[C@H]45)[C@@H]32)CN1Cc1ccco1. The van der Waals surface area contributed by atoms with Gasteiger partial charge in [0, 0.05) is 32.1 Å². The van der Waals surface area contributed by atoms with Crippen LogP contribution in [0.15, 0.2) is 34.5 Å². The number of carbonyl (C=O) groups excluding carboxylic acids is 2. The zero-order valence-corrected chi connectivity index (χ0v) is 18.2. The summed E-state index contributed by atoms with van der Waals surface area (Å²) in [4.78, 5) is 33.0. The maximum absolute atomic E-state index is 13.7. The summed E-state index contributed by atoms with van der Waals surface area (Å²) in [5.74, 6) is 2.06. The van der Waals surface area contributed by atoms with Gasteiger partial charge in [0.2, 0.25) is 11.8 Å². The van der Waals surface area contributed by atoms with Gasteiger partial charge in [0.1, 0.15) is 5.76 Å². The van der Waals surface area contributed by atoms with E-state index < -0.39 is 0 Å². The Bertz CT molecular complexity index is 879. The second kappa shape index (κ2) is 7.80. The lowest BCUT2D eigenvalue weighted by Gasteiger charge is -2.55. The number of hydrogen-bond donors (Lipinski definition) is 0. The Kier molecular flexibility index (Phi) is 4.93. The fourth-order valence-electron chi connectivity index (χ4n) is 7.14. The number of nitrogens with zero attached hydrogens (tertiary/aromatic N) is 3. The molecule has 4 saturated heterocycles. The van der Waals surface area contributed by atoms with Crippen LogP contribution in [0.1, 0.15) is 50.7 Å². The van der Waals surface area contributed by atoms with Gasteiger partial charge >= 0.3 is 0 Å². The molecule has 1 aromatic rings. The molecular formula is C25H33N3O3. The molecule has 0 spiro atoms. The van der Waals surface area contributed by atoms with Crippen LogP contribution in [0, 0.1) is 17.8 Å². The third kappa shape index (κ3) is 3.43. The number of amides is 2. The van der Waals surface area contributed by atoms with Crippen LogP contribution < -0.4 is 0 Å². The highest BCUT2D eigenvalue weighted by molar-refractivity contribution is 5.89. The largest absolute Gasteiger partial charge is 0.467 e. The van der Waals surface area contributed by atoms with Gasteiger partial charge in [-0.1, -0.05) is 18.1 Å². The van der Waals surface area contributed by atoms with Gasteiger partial charge in [-0.15, -0.1) is 0 Å². The van der Waals surface area contributed by atoms with Crippen LogP contribution in [0.3, 0.4) is 0 Å². The highest BCUT2D eigenvalue weighted by Gasteiger charge is 2.48. The molecule has 1 aliphatic carbocycles. The van der Waals surface area contributed by atoms with Crippen LogP contribution in [0.4, 0.5) is 0 Å². The predicted octanol–water partition coefficient (Wildman–Crippen LogP) is 3.05. The van der Waals surface area contributed by atoms with Gasteiger partial charge in [0.15, 0.2) is 0 Å². The molecule has 0 unspecified atom stereocenters. The summed E-state index contributed by atoms with van der Waals surface area (Å²) in [6.45, 7) is 4.18. The van der Waals surface area contributed by atoms with E-state index in [9.17, 15) is 9.59 Å². The second-order valence-electron chi connectivity index (χ2n) is 10.3. The standard InChI is InChI=1S/C25H33N3O3/c29-23-13-20(15-27(23)16-21-6-4-10-31-21)25(30)28-9-3-5-17-11-18-12-19(24(17)28)14-26-8-2-1-7-22(18)26/h4,6,10-11,18-20,22,24H,1-3,5,7-9,12-16H2/t18-,19+,20+,22-,24-/m1/s1. The first-order valence-electron chi connectivity index (χ1n) is 12.2. The first kappa shape index (κ1) is 19.6. The molecule has 31 heavy (non-hydrogen) atoms. The topological polar surface area (TPSA) is 57.0 Å². The molecule has 1 aromatic heterocycles. The van der Waals surface area contributed by atoms with Crippen molar-refractivity contribution in [3.63, 3.8) is 0 Å². The molecule has 5 heterocycles. The summed E-state index contributed by atoms with van der Waals surface area (Å²) in [6, 6.07) is 4.72. The molecule has 4 aliphatic heterocycles. The van der Waals surface area contributed by atoms with Crippen molar-refractivity contribution in [3.8, 4) is 0 Å².